The van der Waals surface area contributed by atoms with Crippen molar-refractivity contribution < 1.29 is 4.74 Å². The van der Waals surface area contributed by atoms with E-state index in [9.17, 15) is 0 Å². The van der Waals surface area contributed by atoms with Gasteiger partial charge in [0.2, 0.25) is 0 Å². The fraction of sp³-hybridized carbons (Fsp3) is 1.00. The zero-order chi connectivity index (χ0) is 10.7. The number of hydrogen-bond donors (Lipinski definition) is 0. The monoisotopic (exact) mass is 209 g/mol. The van der Waals surface area contributed by atoms with E-state index in [1.165, 1.54) is 32.4 Å². The van der Waals surface area contributed by atoms with E-state index in [-0.39, 0.29) is 0 Å². The van der Waals surface area contributed by atoms with Crippen LogP contribution in [0.5, 0.6) is 0 Å². The van der Waals surface area contributed by atoms with Crippen molar-refractivity contribution in [3.05, 3.63) is 0 Å². The van der Waals surface area contributed by atoms with Crippen molar-refractivity contribution >= 4 is 0 Å². The fourth-order valence-electron chi connectivity index (χ4n) is 3.08. The molecule has 2 nitrogen and oxygen atoms in total. The highest BCUT2D eigenvalue weighted by atomic mass is 16.5. The van der Waals surface area contributed by atoms with Crippen molar-refractivity contribution in [1.82, 2.24) is 4.90 Å². The minimum absolute atomic E-state index is 0.434. The zero-order valence-corrected chi connectivity index (χ0v) is 10.3. The van der Waals surface area contributed by atoms with Crippen LogP contribution in [0.25, 0.3) is 0 Å². The number of hydrogen-bond acceptors (Lipinski definition) is 2. The van der Waals surface area contributed by atoms with Crippen LogP contribution < -0.4 is 0 Å². The van der Waals surface area contributed by atoms with Crippen molar-refractivity contribution in [3.8, 4) is 0 Å². The maximum Gasteiger partial charge on any atom is 0.0654 e. The molecule has 3 fully saturated rings. The summed E-state index contributed by atoms with van der Waals surface area (Å²) in [5.74, 6) is 0. The van der Waals surface area contributed by atoms with Gasteiger partial charge in [-0.05, 0) is 24.7 Å². The topological polar surface area (TPSA) is 12.5 Å². The first-order valence-corrected chi connectivity index (χ1v) is 6.34. The Hall–Kier alpha value is -0.0800. The molecule has 2 heteroatoms. The average Bonchev–Trinajstić information content (AvgIpc) is 2.91. The Morgan fingerprint density at radius 2 is 1.87 bits per heavy atom. The summed E-state index contributed by atoms with van der Waals surface area (Å²) in [6.07, 6.45) is 4.68. The Morgan fingerprint density at radius 3 is 2.27 bits per heavy atom. The number of likely N-dealkylation sites (tertiary alicyclic amines) is 1. The van der Waals surface area contributed by atoms with Crippen LogP contribution in [-0.4, -0.2) is 36.7 Å². The molecule has 1 aliphatic carbocycles. The fourth-order valence-corrected chi connectivity index (χ4v) is 3.08. The Morgan fingerprint density at radius 1 is 1.20 bits per heavy atom. The van der Waals surface area contributed by atoms with Gasteiger partial charge >= 0.3 is 0 Å². The third kappa shape index (κ3) is 1.72. The minimum atomic E-state index is 0.434. The molecule has 0 aromatic rings. The lowest BCUT2D eigenvalue weighted by Crippen LogP contribution is -2.60. The normalized spacial score (nSPS) is 38.2. The molecular weight excluding hydrogens is 186 g/mol. The van der Waals surface area contributed by atoms with E-state index in [1.54, 1.807) is 0 Å². The summed E-state index contributed by atoms with van der Waals surface area (Å²) in [6, 6.07) is 0.952. The molecule has 0 bridgehead atoms. The molecular formula is C13H23NO. The van der Waals surface area contributed by atoms with Crippen LogP contribution in [0.1, 0.15) is 40.0 Å². The Balaban J connectivity index is 1.51. The van der Waals surface area contributed by atoms with E-state index in [0.717, 1.165) is 12.6 Å². The van der Waals surface area contributed by atoms with Crippen LogP contribution in [0.2, 0.25) is 0 Å². The number of nitrogens with zero attached hydrogens (tertiary/aromatic N) is 1. The Labute approximate surface area is 93.0 Å². The van der Waals surface area contributed by atoms with Crippen LogP contribution in [0.15, 0.2) is 0 Å². The van der Waals surface area contributed by atoms with Crippen LogP contribution >= 0.6 is 0 Å². The van der Waals surface area contributed by atoms with E-state index >= 15 is 0 Å². The Bertz CT molecular complexity index is 264. The van der Waals surface area contributed by atoms with E-state index < -0.39 is 0 Å². The summed E-state index contributed by atoms with van der Waals surface area (Å²) in [6.45, 7) is 10.7. The van der Waals surface area contributed by atoms with Gasteiger partial charge in [0.1, 0.15) is 0 Å². The molecule has 86 valence electrons. The summed E-state index contributed by atoms with van der Waals surface area (Å²) >= 11 is 0. The standard InChI is InChI=1S/C13H23NO/c1-12(2)9-15-11(12)6-13(3)7-14(8-13)10-4-5-10/h10-11H,4-9H2,1-3H3. The van der Waals surface area contributed by atoms with E-state index in [4.69, 9.17) is 4.74 Å². The van der Waals surface area contributed by atoms with Gasteiger partial charge in [0.25, 0.3) is 0 Å². The van der Waals surface area contributed by atoms with Gasteiger partial charge in [-0.1, -0.05) is 20.8 Å². The number of ether oxygens (including phenoxy) is 1. The molecule has 2 heterocycles. The highest BCUT2D eigenvalue weighted by Gasteiger charge is 2.50. The molecule has 1 unspecified atom stereocenters. The highest BCUT2D eigenvalue weighted by molar-refractivity contribution is 5.02. The first-order valence-electron chi connectivity index (χ1n) is 6.34. The third-order valence-corrected chi connectivity index (χ3v) is 4.44. The van der Waals surface area contributed by atoms with Gasteiger partial charge in [0.05, 0.1) is 12.7 Å². The second-order valence-electron chi connectivity index (χ2n) is 6.94. The van der Waals surface area contributed by atoms with E-state index in [1.807, 2.05) is 0 Å². The van der Waals surface area contributed by atoms with Crippen LogP contribution in [0.4, 0.5) is 0 Å². The van der Waals surface area contributed by atoms with Gasteiger partial charge in [-0.3, -0.25) is 4.90 Å². The first kappa shape index (κ1) is 10.1. The van der Waals surface area contributed by atoms with Crippen LogP contribution in [0, 0.1) is 10.8 Å². The van der Waals surface area contributed by atoms with E-state index in [2.05, 4.69) is 25.7 Å². The lowest BCUT2D eigenvalue weighted by atomic mass is 9.69. The van der Waals surface area contributed by atoms with Gasteiger partial charge in [-0.25, -0.2) is 0 Å². The van der Waals surface area contributed by atoms with Crippen molar-refractivity contribution in [2.45, 2.75) is 52.2 Å². The molecule has 0 amide bonds. The SMILES string of the molecule is CC1(CC2OCC2(C)C)CN(C2CC2)C1. The maximum atomic E-state index is 5.71. The summed E-state index contributed by atoms with van der Waals surface area (Å²) in [5, 5.41) is 0. The molecule has 15 heavy (non-hydrogen) atoms. The summed E-state index contributed by atoms with van der Waals surface area (Å²) in [7, 11) is 0. The highest BCUT2D eigenvalue weighted by Crippen LogP contribution is 2.46. The van der Waals surface area contributed by atoms with Crippen molar-refractivity contribution in [2.75, 3.05) is 19.7 Å². The molecule has 3 rings (SSSR count). The molecule has 2 aliphatic heterocycles. The summed E-state index contributed by atoms with van der Waals surface area (Å²) in [5.41, 5.74) is 0.980. The minimum Gasteiger partial charge on any atom is -0.377 e. The predicted octanol–water partition coefficient (Wildman–Crippen LogP) is 2.29. The second-order valence-corrected chi connectivity index (χ2v) is 6.94. The molecule has 0 spiro atoms. The first-order chi connectivity index (χ1) is 6.99. The second kappa shape index (κ2) is 2.98. The van der Waals surface area contributed by atoms with Crippen molar-refractivity contribution in [3.63, 3.8) is 0 Å². The molecule has 0 N–H and O–H groups in total. The molecule has 0 aromatic heterocycles. The van der Waals surface area contributed by atoms with Gasteiger partial charge in [0, 0.05) is 24.5 Å². The molecule has 2 saturated heterocycles. The molecule has 0 radical (unpaired) electrons. The van der Waals surface area contributed by atoms with Crippen molar-refractivity contribution in [2.24, 2.45) is 10.8 Å². The van der Waals surface area contributed by atoms with Gasteiger partial charge in [-0.2, -0.15) is 0 Å². The van der Waals surface area contributed by atoms with Gasteiger partial charge < -0.3 is 4.74 Å². The maximum absolute atomic E-state index is 5.71. The van der Waals surface area contributed by atoms with E-state index in [0.29, 0.717) is 16.9 Å². The summed E-state index contributed by atoms with van der Waals surface area (Å²) in [4.78, 5) is 2.66. The largest absolute Gasteiger partial charge is 0.377 e. The molecule has 0 aromatic carbocycles. The quantitative estimate of drug-likeness (QED) is 0.707. The van der Waals surface area contributed by atoms with Crippen LogP contribution in [-0.2, 0) is 4.74 Å². The van der Waals surface area contributed by atoms with Gasteiger partial charge in [-0.15, -0.1) is 0 Å². The van der Waals surface area contributed by atoms with Gasteiger partial charge in [0.15, 0.2) is 0 Å². The molecule has 1 saturated carbocycles. The third-order valence-electron chi connectivity index (χ3n) is 4.44. The molecule has 1 atom stereocenters. The number of rotatable bonds is 3. The lowest BCUT2D eigenvalue weighted by molar-refractivity contribution is -0.193. The van der Waals surface area contributed by atoms with Crippen LogP contribution in [0.3, 0.4) is 0 Å². The lowest BCUT2D eigenvalue weighted by Gasteiger charge is -2.54. The smallest absolute Gasteiger partial charge is 0.0654 e. The Kier molecular flexibility index (Phi) is 2.01. The predicted molar refractivity (Wildman–Crippen MR) is 60.8 cm³/mol. The molecule has 3 aliphatic rings. The average molecular weight is 209 g/mol. The zero-order valence-electron chi connectivity index (χ0n) is 10.3. The van der Waals surface area contributed by atoms with Crippen molar-refractivity contribution in [1.29, 1.82) is 0 Å². The summed E-state index contributed by atoms with van der Waals surface area (Å²) < 4.78 is 5.71.